The van der Waals surface area contributed by atoms with Crippen molar-refractivity contribution in [2.45, 2.75) is 20.0 Å². The highest BCUT2D eigenvalue weighted by Gasteiger charge is 2.18. The molecule has 1 aliphatic rings. The van der Waals surface area contributed by atoms with Crippen LogP contribution in [0.15, 0.2) is 59.0 Å². The lowest BCUT2D eigenvalue weighted by molar-refractivity contribution is -0.384. The maximum Gasteiger partial charge on any atom is 0.270 e. The van der Waals surface area contributed by atoms with E-state index in [1.807, 2.05) is 36.4 Å². The number of nitro groups is 1. The second-order valence-corrected chi connectivity index (χ2v) is 7.28. The predicted octanol–water partition coefficient (Wildman–Crippen LogP) is 5.72. The molecule has 0 fully saturated rings. The largest absolute Gasteiger partial charge is 0.436 e. The Morgan fingerprint density at radius 2 is 1.94 bits per heavy atom. The fourth-order valence-corrected chi connectivity index (χ4v) is 3.55. The van der Waals surface area contributed by atoms with E-state index in [2.05, 4.69) is 17.2 Å². The molecule has 1 aliphatic heterocycles. The van der Waals surface area contributed by atoms with Gasteiger partial charge in [0, 0.05) is 29.9 Å². The molecule has 0 amide bonds. The highest BCUT2D eigenvalue weighted by atomic mass is 17.2. The number of fused-ring (bicyclic) bond motifs is 2. The van der Waals surface area contributed by atoms with E-state index < -0.39 is 4.92 Å². The lowest BCUT2D eigenvalue weighted by Gasteiger charge is -2.08. The summed E-state index contributed by atoms with van der Waals surface area (Å²) in [6, 6.07) is 16.3. The van der Waals surface area contributed by atoms with E-state index in [0.717, 1.165) is 35.3 Å². The number of benzene rings is 3. The molecule has 0 atom stereocenters. The zero-order valence-corrected chi connectivity index (χ0v) is 16.8. The van der Waals surface area contributed by atoms with Crippen LogP contribution in [0.1, 0.15) is 18.9 Å². The van der Waals surface area contributed by atoms with E-state index in [4.69, 9.17) is 14.2 Å². The standard InChI is InChI=1S/C23H19N3O5/c1-2-9-24-19-7-6-17(26(27)28)12-18(19)23-25-20-10-14(5-8-21(20)30-23)15-3-4-16-13-29-31-22(16)11-15/h3-8,10-12,24H,2,9,13H2,1H3. The van der Waals surface area contributed by atoms with Gasteiger partial charge >= 0.3 is 0 Å². The molecule has 4 aromatic rings. The molecule has 1 N–H and O–H groups in total. The van der Waals surface area contributed by atoms with Crippen LogP contribution in [0.5, 0.6) is 5.75 Å². The van der Waals surface area contributed by atoms with Gasteiger partial charge in [-0.15, -0.1) is 0 Å². The minimum absolute atomic E-state index is 0.0136. The number of non-ortho nitro benzene ring substituents is 1. The van der Waals surface area contributed by atoms with Crippen LogP contribution < -0.4 is 10.2 Å². The molecule has 8 heteroatoms. The van der Waals surface area contributed by atoms with Gasteiger partial charge in [-0.25, -0.2) is 4.98 Å². The summed E-state index contributed by atoms with van der Waals surface area (Å²) >= 11 is 0. The minimum Gasteiger partial charge on any atom is -0.436 e. The Bertz CT molecular complexity index is 1300. The molecule has 2 heterocycles. The van der Waals surface area contributed by atoms with Crippen molar-refractivity contribution in [2.24, 2.45) is 0 Å². The molecule has 0 bridgehead atoms. The first-order chi connectivity index (χ1) is 15.1. The molecule has 0 radical (unpaired) electrons. The summed E-state index contributed by atoms with van der Waals surface area (Å²) in [5.74, 6) is 1.04. The summed E-state index contributed by atoms with van der Waals surface area (Å²) in [6.45, 7) is 3.23. The zero-order valence-electron chi connectivity index (χ0n) is 16.8. The van der Waals surface area contributed by atoms with Crippen molar-refractivity contribution in [3.8, 4) is 28.3 Å². The van der Waals surface area contributed by atoms with E-state index in [0.29, 0.717) is 34.9 Å². The molecule has 5 rings (SSSR count). The van der Waals surface area contributed by atoms with Crippen molar-refractivity contribution in [1.82, 2.24) is 4.98 Å². The van der Waals surface area contributed by atoms with Gasteiger partial charge in [0.2, 0.25) is 5.89 Å². The molecule has 0 saturated carbocycles. The van der Waals surface area contributed by atoms with E-state index in [9.17, 15) is 10.1 Å². The lowest BCUT2D eigenvalue weighted by atomic mass is 10.0. The summed E-state index contributed by atoms with van der Waals surface area (Å²) in [6.07, 6.45) is 0.920. The minimum atomic E-state index is -0.423. The van der Waals surface area contributed by atoms with Crippen molar-refractivity contribution >= 4 is 22.5 Å². The monoisotopic (exact) mass is 417 g/mol. The van der Waals surface area contributed by atoms with Crippen LogP contribution in [0, 0.1) is 10.1 Å². The number of nitrogens with one attached hydrogen (secondary N) is 1. The first-order valence-corrected chi connectivity index (χ1v) is 9.98. The third-order valence-electron chi connectivity index (χ3n) is 5.16. The fraction of sp³-hybridized carbons (Fsp3) is 0.174. The van der Waals surface area contributed by atoms with Crippen molar-refractivity contribution in [3.05, 3.63) is 70.3 Å². The number of nitro benzene ring substituents is 1. The van der Waals surface area contributed by atoms with Crippen LogP contribution >= 0.6 is 0 Å². The van der Waals surface area contributed by atoms with Crippen molar-refractivity contribution in [2.75, 3.05) is 11.9 Å². The van der Waals surface area contributed by atoms with Gasteiger partial charge in [0.1, 0.15) is 12.1 Å². The number of hydrogen-bond donors (Lipinski definition) is 1. The van der Waals surface area contributed by atoms with Gasteiger partial charge in [0.05, 0.1) is 10.5 Å². The van der Waals surface area contributed by atoms with Crippen molar-refractivity contribution in [3.63, 3.8) is 0 Å². The number of hydrogen-bond acceptors (Lipinski definition) is 7. The van der Waals surface area contributed by atoms with Gasteiger partial charge < -0.3 is 14.6 Å². The summed E-state index contributed by atoms with van der Waals surface area (Å²) in [4.78, 5) is 25.7. The third-order valence-corrected chi connectivity index (χ3v) is 5.16. The Balaban J connectivity index is 1.56. The van der Waals surface area contributed by atoms with Gasteiger partial charge in [-0.1, -0.05) is 25.1 Å². The van der Waals surface area contributed by atoms with Crippen molar-refractivity contribution < 1.29 is 19.1 Å². The Morgan fingerprint density at radius 1 is 1.10 bits per heavy atom. The Morgan fingerprint density at radius 3 is 2.77 bits per heavy atom. The quantitative estimate of drug-likeness (QED) is 0.243. The normalized spacial score (nSPS) is 12.5. The van der Waals surface area contributed by atoms with E-state index >= 15 is 0 Å². The van der Waals surface area contributed by atoms with Crippen LogP contribution in [-0.4, -0.2) is 16.5 Å². The van der Waals surface area contributed by atoms with Crippen molar-refractivity contribution in [1.29, 1.82) is 0 Å². The summed E-state index contributed by atoms with van der Waals surface area (Å²) in [7, 11) is 0. The molecule has 3 aromatic carbocycles. The molecule has 0 aliphatic carbocycles. The van der Waals surface area contributed by atoms with E-state index in [1.165, 1.54) is 12.1 Å². The molecule has 0 saturated heterocycles. The molecular formula is C23H19N3O5. The number of nitrogens with zero attached hydrogens (tertiary/aromatic N) is 2. The van der Waals surface area contributed by atoms with Gasteiger partial charge in [0.25, 0.3) is 5.69 Å². The average Bonchev–Trinajstić information content (AvgIpc) is 3.43. The Labute approximate surface area is 177 Å². The number of anilines is 1. The number of oxazole rings is 1. The average molecular weight is 417 g/mol. The predicted molar refractivity (Wildman–Crippen MR) is 116 cm³/mol. The van der Waals surface area contributed by atoms with Crippen LogP contribution in [-0.2, 0) is 11.5 Å². The number of aromatic nitrogens is 1. The molecule has 0 unspecified atom stereocenters. The van der Waals surface area contributed by atoms with Gasteiger partial charge in [-0.2, -0.15) is 4.89 Å². The fourth-order valence-electron chi connectivity index (χ4n) is 3.55. The first-order valence-electron chi connectivity index (χ1n) is 9.98. The lowest BCUT2D eigenvalue weighted by Crippen LogP contribution is -2.02. The molecule has 156 valence electrons. The maximum atomic E-state index is 11.3. The topological polar surface area (TPSA) is 99.7 Å². The van der Waals surface area contributed by atoms with Gasteiger partial charge in [0.15, 0.2) is 11.3 Å². The van der Waals surface area contributed by atoms with Crippen LogP contribution in [0.25, 0.3) is 33.7 Å². The summed E-state index contributed by atoms with van der Waals surface area (Å²) in [5, 5.41) is 14.6. The number of rotatable bonds is 6. The van der Waals surface area contributed by atoms with E-state index in [-0.39, 0.29) is 5.69 Å². The van der Waals surface area contributed by atoms with Gasteiger partial charge in [-0.3, -0.25) is 10.1 Å². The zero-order chi connectivity index (χ0) is 21.4. The Kier molecular flexibility index (Phi) is 4.76. The highest BCUT2D eigenvalue weighted by Crippen LogP contribution is 2.36. The first kappa shape index (κ1) is 19.1. The highest BCUT2D eigenvalue weighted by molar-refractivity contribution is 5.85. The van der Waals surface area contributed by atoms with Gasteiger partial charge in [-0.05, 0) is 41.8 Å². The third kappa shape index (κ3) is 3.57. The summed E-state index contributed by atoms with van der Waals surface area (Å²) in [5.41, 5.74) is 5.49. The molecule has 0 spiro atoms. The summed E-state index contributed by atoms with van der Waals surface area (Å²) < 4.78 is 5.96. The van der Waals surface area contributed by atoms with Crippen LogP contribution in [0.4, 0.5) is 11.4 Å². The Hall–Kier alpha value is -3.91. The van der Waals surface area contributed by atoms with Crippen LogP contribution in [0.2, 0.25) is 0 Å². The second kappa shape index (κ2) is 7.73. The van der Waals surface area contributed by atoms with Crippen LogP contribution in [0.3, 0.4) is 0 Å². The second-order valence-electron chi connectivity index (χ2n) is 7.28. The maximum absolute atomic E-state index is 11.3. The van der Waals surface area contributed by atoms with E-state index in [1.54, 1.807) is 6.07 Å². The molecule has 8 nitrogen and oxygen atoms in total. The molecule has 1 aromatic heterocycles. The molecule has 31 heavy (non-hydrogen) atoms. The SMILES string of the molecule is CCCNc1ccc([N+](=O)[O-])cc1-c1nc2cc(-c3ccc4c(c3)OOC4)ccc2o1. The molecular weight excluding hydrogens is 398 g/mol. The smallest absolute Gasteiger partial charge is 0.270 e.